The van der Waals surface area contributed by atoms with Gasteiger partial charge in [0.1, 0.15) is 0 Å². The van der Waals surface area contributed by atoms with Crippen LogP contribution in [-0.2, 0) is 16.2 Å². The highest BCUT2D eigenvalue weighted by atomic mass is 32.1. The third-order valence-electron chi connectivity index (χ3n) is 16.7. The highest BCUT2D eigenvalue weighted by Gasteiger charge is 2.52. The lowest BCUT2D eigenvalue weighted by molar-refractivity contribution is 0.660. The third kappa shape index (κ3) is 4.99. The van der Waals surface area contributed by atoms with E-state index in [9.17, 15) is 0 Å². The van der Waals surface area contributed by atoms with E-state index in [1.54, 1.807) is 0 Å². The number of rotatable bonds is 4. The van der Waals surface area contributed by atoms with Crippen LogP contribution in [0.4, 0.5) is 17.1 Å². The summed E-state index contributed by atoms with van der Waals surface area (Å²) in [6, 6.07) is 81.1. The van der Waals surface area contributed by atoms with Crippen LogP contribution in [0.15, 0.2) is 212 Å². The molecule has 4 aliphatic carbocycles. The summed E-state index contributed by atoms with van der Waals surface area (Å²) >= 11 is 1.93. The molecule has 0 fully saturated rings. The summed E-state index contributed by atoms with van der Waals surface area (Å²) in [6.07, 6.45) is 0. The number of nitrogens with zero attached hydrogens (tertiary/aromatic N) is 1. The standard InChI is InChI=1S/C67H47NS/c1-65(2)52-25-13-8-20-44(52)48-34-31-42(37-57(48)65)68(43-32-35-49-47-23-11-16-28-55(47)67(58(49)38-43)53-26-14-9-21-45(53)46-22-10-15-27-54(46)67)64-62-50-33-30-41(40-18-6-5-7-19-40)36-56(50)66(3,4)59(62)39-61-63(64)51-24-12-17-29-60(51)69-61/h5-39H,1-4H3. The van der Waals surface area contributed by atoms with Crippen LogP contribution in [0.5, 0.6) is 0 Å². The van der Waals surface area contributed by atoms with Gasteiger partial charge in [0.25, 0.3) is 0 Å². The highest BCUT2D eigenvalue weighted by Crippen LogP contribution is 2.65. The summed E-state index contributed by atoms with van der Waals surface area (Å²) < 4.78 is 2.62. The third-order valence-corrected chi connectivity index (χ3v) is 17.8. The van der Waals surface area contributed by atoms with Gasteiger partial charge in [-0.1, -0.05) is 198 Å². The molecule has 10 aromatic carbocycles. The number of hydrogen-bond donors (Lipinski definition) is 0. The highest BCUT2D eigenvalue weighted by molar-refractivity contribution is 7.26. The zero-order chi connectivity index (χ0) is 46.0. The van der Waals surface area contributed by atoms with E-state index < -0.39 is 5.41 Å². The van der Waals surface area contributed by atoms with E-state index in [4.69, 9.17) is 0 Å². The van der Waals surface area contributed by atoms with Gasteiger partial charge in [0.2, 0.25) is 0 Å². The molecule has 1 spiro atoms. The van der Waals surface area contributed by atoms with Gasteiger partial charge in [-0.15, -0.1) is 11.3 Å². The molecule has 0 radical (unpaired) electrons. The minimum absolute atomic E-state index is 0.181. The maximum Gasteiger partial charge on any atom is 0.0726 e. The Morgan fingerprint density at radius 3 is 1.46 bits per heavy atom. The number of anilines is 3. The average molecular weight is 898 g/mol. The molecule has 0 atom stereocenters. The van der Waals surface area contributed by atoms with E-state index in [0.29, 0.717) is 0 Å². The second-order valence-corrected chi connectivity index (χ2v) is 21.8. The molecule has 0 amide bonds. The van der Waals surface area contributed by atoms with Gasteiger partial charge in [0, 0.05) is 47.9 Å². The van der Waals surface area contributed by atoms with Gasteiger partial charge < -0.3 is 4.90 Å². The lowest BCUT2D eigenvalue weighted by Gasteiger charge is -2.34. The average Bonchev–Trinajstić information content (AvgIpc) is 4.13. The zero-order valence-corrected chi connectivity index (χ0v) is 39.9. The summed E-state index contributed by atoms with van der Waals surface area (Å²) in [5, 5.41) is 2.60. The Balaban J connectivity index is 1.07. The van der Waals surface area contributed by atoms with Gasteiger partial charge >= 0.3 is 0 Å². The van der Waals surface area contributed by atoms with Crippen molar-refractivity contribution >= 4 is 48.6 Å². The molecule has 15 rings (SSSR count). The Labute approximate surface area is 407 Å². The number of thiophene rings is 1. The monoisotopic (exact) mass is 897 g/mol. The number of benzene rings is 10. The fraction of sp³-hybridized carbons (Fsp3) is 0.104. The van der Waals surface area contributed by atoms with Crippen LogP contribution in [0, 0.1) is 0 Å². The molecule has 0 saturated carbocycles. The van der Waals surface area contributed by atoms with Crippen molar-refractivity contribution in [2.24, 2.45) is 0 Å². The van der Waals surface area contributed by atoms with E-state index in [2.05, 4.69) is 245 Å². The first-order valence-corrected chi connectivity index (χ1v) is 25.2. The van der Waals surface area contributed by atoms with Crippen molar-refractivity contribution in [3.05, 3.63) is 257 Å². The Hall–Kier alpha value is -7.78. The molecular formula is C67H47NS. The van der Waals surface area contributed by atoms with Gasteiger partial charge in [-0.3, -0.25) is 0 Å². The Morgan fingerprint density at radius 1 is 0.333 bits per heavy atom. The summed E-state index contributed by atoms with van der Waals surface area (Å²) in [5.41, 5.74) is 26.6. The lowest BCUT2D eigenvalue weighted by Crippen LogP contribution is -2.26. The molecule has 0 bridgehead atoms. The zero-order valence-electron chi connectivity index (χ0n) is 39.1. The molecule has 11 aromatic rings. The largest absolute Gasteiger partial charge is 0.309 e. The van der Waals surface area contributed by atoms with Crippen molar-refractivity contribution < 1.29 is 0 Å². The molecule has 0 N–H and O–H groups in total. The molecule has 1 nitrogen and oxygen atoms in total. The first-order valence-electron chi connectivity index (χ1n) is 24.4. The van der Waals surface area contributed by atoms with E-state index >= 15 is 0 Å². The molecule has 1 aromatic heterocycles. The fourth-order valence-corrected chi connectivity index (χ4v) is 14.7. The second-order valence-electron chi connectivity index (χ2n) is 20.7. The van der Waals surface area contributed by atoms with Gasteiger partial charge in [-0.05, 0) is 137 Å². The van der Waals surface area contributed by atoms with Crippen LogP contribution >= 0.6 is 11.3 Å². The molecule has 1 heterocycles. The quantitative estimate of drug-likeness (QED) is 0.170. The summed E-state index contributed by atoms with van der Waals surface area (Å²) in [4.78, 5) is 2.68. The Kier molecular flexibility index (Phi) is 7.78. The number of fused-ring (bicyclic) bond motifs is 19. The van der Waals surface area contributed by atoms with E-state index in [0.717, 1.165) is 5.69 Å². The Morgan fingerprint density at radius 2 is 0.812 bits per heavy atom. The lowest BCUT2D eigenvalue weighted by atomic mass is 9.70. The predicted octanol–water partition coefficient (Wildman–Crippen LogP) is 18.1. The molecule has 69 heavy (non-hydrogen) atoms. The summed E-state index contributed by atoms with van der Waals surface area (Å²) in [5.74, 6) is 0. The first kappa shape index (κ1) is 39.2. The SMILES string of the molecule is CC1(C)c2ccccc2-c2ccc(N(c3ccc4c(c3)C3(c5ccccc5-c5ccccc53)c3ccccc3-4)c3c4c(cc5sc6ccccc6c35)C(C)(C)c3cc(-c5ccccc5)ccc3-4)cc21. The van der Waals surface area contributed by atoms with Gasteiger partial charge in [-0.25, -0.2) is 0 Å². The molecular weight excluding hydrogens is 851 g/mol. The second kappa shape index (κ2) is 13.7. The van der Waals surface area contributed by atoms with Crippen molar-refractivity contribution in [1.82, 2.24) is 0 Å². The molecule has 0 unspecified atom stereocenters. The van der Waals surface area contributed by atoms with Crippen molar-refractivity contribution in [2.75, 3.05) is 4.90 Å². The number of hydrogen-bond acceptors (Lipinski definition) is 2. The van der Waals surface area contributed by atoms with Gasteiger partial charge in [0.05, 0.1) is 11.1 Å². The molecule has 0 aliphatic heterocycles. The normalized spacial score (nSPS) is 15.3. The van der Waals surface area contributed by atoms with Crippen molar-refractivity contribution in [2.45, 2.75) is 43.9 Å². The van der Waals surface area contributed by atoms with Crippen LogP contribution < -0.4 is 4.90 Å². The van der Waals surface area contributed by atoms with Crippen molar-refractivity contribution in [1.29, 1.82) is 0 Å². The minimum atomic E-state index is -0.478. The van der Waals surface area contributed by atoms with Crippen molar-refractivity contribution in [3.63, 3.8) is 0 Å². The van der Waals surface area contributed by atoms with E-state index in [-0.39, 0.29) is 10.8 Å². The van der Waals surface area contributed by atoms with Crippen LogP contribution in [0.25, 0.3) is 75.8 Å². The Bertz CT molecular complexity index is 3970. The molecule has 0 saturated heterocycles. The van der Waals surface area contributed by atoms with Crippen LogP contribution in [0.2, 0.25) is 0 Å². The van der Waals surface area contributed by atoms with Crippen LogP contribution in [-0.4, -0.2) is 0 Å². The molecule has 326 valence electrons. The first-order chi connectivity index (χ1) is 33.7. The maximum absolute atomic E-state index is 2.68. The predicted molar refractivity (Wildman–Crippen MR) is 291 cm³/mol. The smallest absolute Gasteiger partial charge is 0.0726 e. The minimum Gasteiger partial charge on any atom is -0.309 e. The summed E-state index contributed by atoms with van der Waals surface area (Å²) in [7, 11) is 0. The van der Waals surface area contributed by atoms with E-state index in [1.165, 1.54) is 132 Å². The van der Waals surface area contributed by atoms with Crippen molar-refractivity contribution in [3.8, 4) is 55.6 Å². The van der Waals surface area contributed by atoms with Gasteiger partial charge in [0.15, 0.2) is 0 Å². The topological polar surface area (TPSA) is 3.24 Å². The van der Waals surface area contributed by atoms with Crippen LogP contribution in [0.1, 0.15) is 72.2 Å². The molecule has 2 heteroatoms. The molecule has 4 aliphatic rings. The summed E-state index contributed by atoms with van der Waals surface area (Å²) in [6.45, 7) is 9.70. The van der Waals surface area contributed by atoms with E-state index in [1.807, 2.05) is 11.3 Å². The fourth-order valence-electron chi connectivity index (χ4n) is 13.6. The maximum atomic E-state index is 2.68. The van der Waals surface area contributed by atoms with Crippen LogP contribution in [0.3, 0.4) is 0 Å². The van der Waals surface area contributed by atoms with Gasteiger partial charge in [-0.2, -0.15) is 0 Å².